The Balaban J connectivity index is 2.16. The third-order valence-corrected chi connectivity index (χ3v) is 2.18. The first-order chi connectivity index (χ1) is 2.93. The van der Waals surface area contributed by atoms with Crippen molar-refractivity contribution in [1.82, 2.24) is 0 Å². The molecule has 0 amide bonds. The highest BCUT2D eigenvalue weighted by Crippen LogP contribution is 2.28. The van der Waals surface area contributed by atoms with Crippen LogP contribution in [0.25, 0.3) is 0 Å². The Hall–Kier alpha value is 0.100. The molecule has 1 saturated carbocycles. The predicted octanol–water partition coefficient (Wildman–Crippen LogP) is 1.56. The van der Waals surface area contributed by atoms with E-state index in [-0.39, 0.29) is 8.46 Å². The highest BCUT2D eigenvalue weighted by atomic mass is 31.1. The first-order valence-corrected chi connectivity index (χ1v) is 3.29. The molecule has 0 aromatic carbocycles. The van der Waals surface area contributed by atoms with Gasteiger partial charge in [-0.15, -0.1) is 0 Å². The Morgan fingerprint density at radius 2 is 2.17 bits per heavy atom. The maximum absolute atomic E-state index is 9.94. The summed E-state index contributed by atoms with van der Waals surface area (Å²) >= 11 is 0. The second kappa shape index (κ2) is 1.70. The highest BCUT2D eigenvalue weighted by molar-refractivity contribution is 7.24. The first kappa shape index (κ1) is 4.26. The monoisotopic (exact) mass is 103 g/mol. The highest BCUT2D eigenvalue weighted by Gasteiger charge is 2.23. The Labute approximate surface area is 38.9 Å². The summed E-state index contributed by atoms with van der Waals surface area (Å²) in [4.78, 5) is 0. The van der Waals surface area contributed by atoms with Crippen LogP contribution < -0.4 is 0 Å². The van der Waals surface area contributed by atoms with Gasteiger partial charge < -0.3 is 0 Å². The molecule has 0 bridgehead atoms. The molecule has 34 valence electrons. The minimum Gasteiger partial charge on any atom is -0.0772 e. The van der Waals surface area contributed by atoms with Gasteiger partial charge in [-0.25, -0.2) is 0 Å². The molecule has 1 aliphatic rings. The fourth-order valence-corrected chi connectivity index (χ4v) is 1.17. The molecule has 2 heteroatoms. The van der Waals surface area contributed by atoms with E-state index in [4.69, 9.17) is 0 Å². The van der Waals surface area contributed by atoms with Gasteiger partial charge in [0.2, 0.25) is 0 Å². The van der Waals surface area contributed by atoms with Gasteiger partial charge in [0.25, 0.3) is 0 Å². The maximum Gasteiger partial charge on any atom is 0.327 e. The molecule has 0 radical (unpaired) electrons. The van der Waals surface area contributed by atoms with Crippen LogP contribution in [0.3, 0.4) is 0 Å². The minimum absolute atomic E-state index is 0.0316. The van der Waals surface area contributed by atoms with Gasteiger partial charge in [0.05, 0.1) is 0 Å². The summed E-state index contributed by atoms with van der Waals surface area (Å²) in [5.74, 6) is 0. The molecule has 1 aliphatic carbocycles. The molecular formula is C4H8OP+. The summed E-state index contributed by atoms with van der Waals surface area (Å²) in [7, 11) is -0.0316. The number of hydrogen-bond donors (Lipinski definition) is 0. The largest absolute Gasteiger partial charge is 0.327 e. The third kappa shape index (κ3) is 0.601. The summed E-state index contributed by atoms with van der Waals surface area (Å²) in [6, 6.07) is 0. The van der Waals surface area contributed by atoms with Crippen molar-refractivity contribution >= 4 is 8.46 Å². The van der Waals surface area contributed by atoms with E-state index < -0.39 is 0 Å². The van der Waals surface area contributed by atoms with Crippen LogP contribution in [-0.4, -0.2) is 5.66 Å². The third-order valence-electron chi connectivity index (χ3n) is 1.27. The zero-order valence-electron chi connectivity index (χ0n) is 3.61. The van der Waals surface area contributed by atoms with Crippen molar-refractivity contribution in [2.24, 2.45) is 0 Å². The molecule has 1 nitrogen and oxygen atoms in total. The van der Waals surface area contributed by atoms with Crippen molar-refractivity contribution in [2.75, 3.05) is 0 Å². The van der Waals surface area contributed by atoms with Gasteiger partial charge in [0, 0.05) is 0 Å². The molecule has 1 unspecified atom stereocenters. The Kier molecular flexibility index (Phi) is 1.21. The minimum atomic E-state index is -0.0316. The molecule has 0 aliphatic heterocycles. The fraction of sp³-hybridized carbons (Fsp3) is 1.00. The van der Waals surface area contributed by atoms with E-state index in [1.165, 1.54) is 19.3 Å². The van der Waals surface area contributed by atoms with Crippen LogP contribution in [0.1, 0.15) is 19.3 Å². The second-order valence-corrected chi connectivity index (χ2v) is 2.80. The predicted molar refractivity (Wildman–Crippen MR) is 26.6 cm³/mol. The van der Waals surface area contributed by atoms with E-state index in [1.54, 1.807) is 0 Å². The Morgan fingerprint density at radius 3 is 2.17 bits per heavy atom. The van der Waals surface area contributed by atoms with Gasteiger partial charge in [0.1, 0.15) is 0 Å². The molecule has 0 heterocycles. The van der Waals surface area contributed by atoms with Crippen molar-refractivity contribution in [1.29, 1.82) is 0 Å². The van der Waals surface area contributed by atoms with Crippen molar-refractivity contribution < 1.29 is 4.57 Å². The molecule has 6 heavy (non-hydrogen) atoms. The molecule has 0 aromatic rings. The summed E-state index contributed by atoms with van der Waals surface area (Å²) in [6.45, 7) is 0. The lowest BCUT2D eigenvalue weighted by Gasteiger charge is -2.10. The fourth-order valence-electron chi connectivity index (χ4n) is 0.526. The maximum atomic E-state index is 9.94. The lowest BCUT2D eigenvalue weighted by atomic mass is 10.00. The summed E-state index contributed by atoms with van der Waals surface area (Å²) in [5.41, 5.74) is 0.588. The first-order valence-electron chi connectivity index (χ1n) is 2.31. The summed E-state index contributed by atoms with van der Waals surface area (Å²) < 4.78 is 9.94. The quantitative estimate of drug-likeness (QED) is 0.460. The Bertz CT molecular complexity index is 58.6. The number of hydrogen-bond acceptors (Lipinski definition) is 1. The topological polar surface area (TPSA) is 17.1 Å². The lowest BCUT2D eigenvalue weighted by Crippen LogP contribution is -2.08. The van der Waals surface area contributed by atoms with Crippen LogP contribution in [0, 0.1) is 0 Å². The van der Waals surface area contributed by atoms with E-state index in [2.05, 4.69) is 0 Å². The standard InChI is InChI=1S/C4H7OP/c5-6-4-2-1-3-4/h4H,1-3H2/p+1. The smallest absolute Gasteiger partial charge is 0.0772 e. The van der Waals surface area contributed by atoms with E-state index in [1.807, 2.05) is 0 Å². The molecular weight excluding hydrogens is 95.0 g/mol. The van der Waals surface area contributed by atoms with Gasteiger partial charge in [-0.1, -0.05) is 4.57 Å². The Morgan fingerprint density at radius 1 is 1.50 bits per heavy atom. The lowest BCUT2D eigenvalue weighted by molar-refractivity contribution is 0.495. The van der Waals surface area contributed by atoms with Gasteiger partial charge in [-0.3, -0.25) is 0 Å². The molecule has 0 N–H and O–H groups in total. The van der Waals surface area contributed by atoms with Crippen LogP contribution in [0.5, 0.6) is 0 Å². The van der Waals surface area contributed by atoms with E-state index in [0.29, 0.717) is 5.66 Å². The second-order valence-electron chi connectivity index (χ2n) is 1.75. The molecule has 1 fully saturated rings. The molecule has 0 spiro atoms. The van der Waals surface area contributed by atoms with Crippen LogP contribution in [0.4, 0.5) is 0 Å². The summed E-state index contributed by atoms with van der Waals surface area (Å²) in [5, 5.41) is 0. The van der Waals surface area contributed by atoms with Gasteiger partial charge >= 0.3 is 8.46 Å². The van der Waals surface area contributed by atoms with Crippen molar-refractivity contribution in [3.8, 4) is 0 Å². The summed E-state index contributed by atoms with van der Waals surface area (Å²) in [6.07, 6.45) is 3.73. The molecule has 0 saturated heterocycles. The molecule has 1 atom stereocenters. The zero-order chi connectivity index (χ0) is 4.41. The van der Waals surface area contributed by atoms with Gasteiger partial charge in [-0.05, 0) is 19.3 Å². The van der Waals surface area contributed by atoms with Crippen LogP contribution in [0.2, 0.25) is 0 Å². The molecule has 0 aromatic heterocycles. The zero-order valence-corrected chi connectivity index (χ0v) is 4.61. The van der Waals surface area contributed by atoms with Crippen molar-refractivity contribution in [3.05, 3.63) is 0 Å². The van der Waals surface area contributed by atoms with Gasteiger partial charge in [-0.2, -0.15) is 0 Å². The average molecular weight is 103 g/mol. The average Bonchev–Trinajstić information content (AvgIpc) is 1.31. The van der Waals surface area contributed by atoms with Crippen LogP contribution in [-0.2, 0) is 4.57 Å². The van der Waals surface area contributed by atoms with E-state index >= 15 is 0 Å². The molecule has 1 rings (SSSR count). The SMILES string of the molecule is O=[PH+]C1CCC1. The van der Waals surface area contributed by atoms with E-state index in [9.17, 15) is 4.57 Å². The van der Waals surface area contributed by atoms with Crippen molar-refractivity contribution in [2.45, 2.75) is 24.9 Å². The van der Waals surface area contributed by atoms with E-state index in [0.717, 1.165) is 0 Å². The number of rotatable bonds is 1. The van der Waals surface area contributed by atoms with Crippen LogP contribution >= 0.6 is 8.46 Å². The van der Waals surface area contributed by atoms with Gasteiger partial charge in [0.15, 0.2) is 5.66 Å². The normalized spacial score (nSPS) is 24.0. The van der Waals surface area contributed by atoms with Crippen molar-refractivity contribution in [3.63, 3.8) is 0 Å². The van der Waals surface area contributed by atoms with Crippen LogP contribution in [0.15, 0.2) is 0 Å².